The molecule has 0 saturated heterocycles. The van der Waals surface area contributed by atoms with E-state index < -0.39 is 18.7 Å². The van der Waals surface area contributed by atoms with E-state index in [1.165, 1.54) is 0 Å². The second-order valence-electron chi connectivity index (χ2n) is 6.31. The third kappa shape index (κ3) is 4.56. The summed E-state index contributed by atoms with van der Waals surface area (Å²) in [5.74, 6) is 0.133. The van der Waals surface area contributed by atoms with E-state index in [-0.39, 0.29) is 6.61 Å². The van der Waals surface area contributed by atoms with Gasteiger partial charge in [-0.2, -0.15) is 0 Å². The lowest BCUT2D eigenvalue weighted by Gasteiger charge is -2.20. The minimum absolute atomic E-state index is 0.143. The molecule has 7 heteroatoms. The minimum Gasteiger partial charge on any atom is -0.496 e. The van der Waals surface area contributed by atoms with Gasteiger partial charge in [-0.1, -0.05) is 54.6 Å². The fraction of sp³-hybridized carbons (Fsp3) is 0.190. The van der Waals surface area contributed by atoms with Crippen molar-refractivity contribution < 1.29 is 18.8 Å². The van der Waals surface area contributed by atoms with Crippen LogP contribution in [-0.4, -0.2) is 19.1 Å². The zero-order chi connectivity index (χ0) is 20.1. The van der Waals surface area contributed by atoms with Crippen LogP contribution in [0.25, 0.3) is 10.8 Å². The van der Waals surface area contributed by atoms with E-state index in [9.17, 15) is 9.36 Å². The number of hydrogen-bond donors (Lipinski definition) is 1. The lowest BCUT2D eigenvalue weighted by Crippen LogP contribution is -2.34. The van der Waals surface area contributed by atoms with Gasteiger partial charge in [0.25, 0.3) is 6.65 Å². The van der Waals surface area contributed by atoms with Crippen LogP contribution in [0.2, 0.25) is 0 Å². The van der Waals surface area contributed by atoms with Gasteiger partial charge in [0.1, 0.15) is 18.4 Å². The molecular weight excluding hydrogens is 397 g/mol. The summed E-state index contributed by atoms with van der Waals surface area (Å²) in [6, 6.07) is 19.3. The van der Waals surface area contributed by atoms with Gasteiger partial charge < -0.3 is 9.47 Å². The molecule has 0 aromatic heterocycles. The maximum Gasteiger partial charge on any atom is 0.323 e. The smallest absolute Gasteiger partial charge is 0.323 e. The highest BCUT2D eigenvalue weighted by Gasteiger charge is 2.29. The van der Waals surface area contributed by atoms with Crippen LogP contribution in [0.3, 0.4) is 0 Å². The molecule has 28 heavy (non-hydrogen) atoms. The number of hydrogen-bond acceptors (Lipinski definition) is 4. The number of methoxy groups -OCH3 is 1. The van der Waals surface area contributed by atoms with Gasteiger partial charge in [-0.3, -0.25) is 9.36 Å². The number of esters is 1. The number of carbonyl (C=O) groups excluding carboxylic acids is 1. The average Bonchev–Trinajstić information content (AvgIpc) is 2.71. The topological polar surface area (TPSA) is 64.6 Å². The Balaban J connectivity index is 1.77. The van der Waals surface area contributed by atoms with E-state index >= 15 is 0 Å². The van der Waals surface area contributed by atoms with Crippen LogP contribution in [0.15, 0.2) is 66.7 Å². The first-order valence-electron chi connectivity index (χ1n) is 8.77. The fourth-order valence-corrected chi connectivity index (χ4v) is 5.30. The molecule has 3 aromatic rings. The number of rotatable bonds is 7. The van der Waals surface area contributed by atoms with Crippen LogP contribution >= 0.6 is 17.9 Å². The van der Waals surface area contributed by atoms with E-state index in [0.29, 0.717) is 16.4 Å². The second kappa shape index (κ2) is 8.78. The molecule has 0 amide bonds. The van der Waals surface area contributed by atoms with Crippen molar-refractivity contribution in [3.8, 4) is 5.75 Å². The van der Waals surface area contributed by atoms with Crippen LogP contribution in [0.4, 0.5) is 0 Å². The molecule has 0 bridgehead atoms. The molecule has 1 N–H and O–H groups in total. The number of ether oxygens (including phenoxy) is 2. The van der Waals surface area contributed by atoms with E-state index in [0.717, 1.165) is 10.9 Å². The van der Waals surface area contributed by atoms with Crippen molar-refractivity contribution in [2.45, 2.75) is 19.6 Å². The van der Waals surface area contributed by atoms with Gasteiger partial charge in [0.15, 0.2) is 0 Å². The first-order chi connectivity index (χ1) is 13.4. The average molecular weight is 418 g/mol. The van der Waals surface area contributed by atoms with Crippen molar-refractivity contribution in [2.75, 3.05) is 7.11 Å². The lowest BCUT2D eigenvalue weighted by atomic mass is 10.1. The molecular formula is C21H21ClNO4P. The van der Waals surface area contributed by atoms with Gasteiger partial charge >= 0.3 is 5.97 Å². The Morgan fingerprint density at radius 2 is 1.68 bits per heavy atom. The SMILES string of the molecule is COc1ccc(P(=O)(Cl)N[C@@H](C)C(=O)OCc2ccccc2)c2ccccc12. The third-order valence-electron chi connectivity index (χ3n) is 4.33. The molecule has 1 unspecified atom stereocenters. The van der Waals surface area contributed by atoms with Crippen molar-refractivity contribution in [2.24, 2.45) is 0 Å². The van der Waals surface area contributed by atoms with Gasteiger partial charge in [0.05, 0.1) is 7.11 Å². The maximum absolute atomic E-state index is 13.2. The van der Waals surface area contributed by atoms with Gasteiger partial charge in [-0.15, -0.1) is 0 Å². The van der Waals surface area contributed by atoms with Crippen LogP contribution in [0, 0.1) is 0 Å². The predicted molar refractivity (Wildman–Crippen MR) is 112 cm³/mol. The van der Waals surface area contributed by atoms with Gasteiger partial charge in [0.2, 0.25) is 0 Å². The first-order valence-corrected chi connectivity index (χ1v) is 11.4. The molecule has 0 aliphatic rings. The lowest BCUT2D eigenvalue weighted by molar-refractivity contribution is -0.146. The van der Waals surface area contributed by atoms with Crippen LogP contribution in [-0.2, 0) is 20.7 Å². The standard InChI is InChI=1S/C21H21ClNO4P/c1-15(21(24)27-14-16-8-4-3-5-9-16)23-28(22,25)20-13-12-19(26-2)17-10-6-7-11-18(17)20/h3-13,15H,14H2,1-2H3,(H,23,25)/t15-,28?/m0/s1. The normalized spacial score (nSPS) is 14.2. The molecule has 0 fully saturated rings. The van der Waals surface area contributed by atoms with Crippen LogP contribution < -0.4 is 15.1 Å². The molecule has 146 valence electrons. The summed E-state index contributed by atoms with van der Waals surface area (Å²) < 4.78 is 23.9. The first kappa shape index (κ1) is 20.4. The summed E-state index contributed by atoms with van der Waals surface area (Å²) in [5, 5.41) is 4.67. The molecule has 0 spiro atoms. The summed E-state index contributed by atoms with van der Waals surface area (Å²) in [7, 11) is 1.57. The number of nitrogens with one attached hydrogen (secondary N) is 1. The summed E-state index contributed by atoms with van der Waals surface area (Å²) >= 11 is 6.39. The minimum atomic E-state index is -3.56. The number of halogens is 1. The number of fused-ring (bicyclic) bond motifs is 1. The second-order valence-corrected chi connectivity index (χ2v) is 9.54. The van der Waals surface area contributed by atoms with E-state index in [1.54, 1.807) is 26.2 Å². The molecule has 5 nitrogen and oxygen atoms in total. The Morgan fingerprint density at radius 3 is 2.36 bits per heavy atom. The Morgan fingerprint density at radius 1 is 1.04 bits per heavy atom. The largest absolute Gasteiger partial charge is 0.496 e. The van der Waals surface area contributed by atoms with Gasteiger partial charge in [0, 0.05) is 10.7 Å². The molecule has 0 saturated carbocycles. The highest BCUT2D eigenvalue weighted by atomic mass is 35.7. The highest BCUT2D eigenvalue weighted by molar-refractivity contribution is 7.93. The van der Waals surface area contributed by atoms with Crippen LogP contribution in [0.1, 0.15) is 12.5 Å². The van der Waals surface area contributed by atoms with Gasteiger partial charge in [-0.25, -0.2) is 5.09 Å². The quantitative estimate of drug-likeness (QED) is 0.448. The zero-order valence-electron chi connectivity index (χ0n) is 15.6. The van der Waals surface area contributed by atoms with Crippen molar-refractivity contribution in [3.63, 3.8) is 0 Å². The fourth-order valence-electron chi connectivity index (χ4n) is 2.91. The molecule has 2 atom stereocenters. The Bertz CT molecular complexity index is 1030. The zero-order valence-corrected chi connectivity index (χ0v) is 17.2. The summed E-state index contributed by atoms with van der Waals surface area (Å²) in [5.41, 5.74) is 0.873. The van der Waals surface area contributed by atoms with Crippen molar-refractivity contribution in [1.82, 2.24) is 5.09 Å². The molecule has 0 aliphatic heterocycles. The maximum atomic E-state index is 13.2. The van der Waals surface area contributed by atoms with Crippen molar-refractivity contribution in [3.05, 3.63) is 72.3 Å². The molecule has 3 rings (SSSR count). The Hall–Kier alpha value is -2.33. The van der Waals surface area contributed by atoms with E-state index in [2.05, 4.69) is 5.09 Å². The Kier molecular flexibility index (Phi) is 6.40. The number of carbonyl (C=O) groups is 1. The molecule has 0 radical (unpaired) electrons. The van der Waals surface area contributed by atoms with E-state index in [4.69, 9.17) is 20.7 Å². The van der Waals surface area contributed by atoms with Gasteiger partial charge in [-0.05, 0) is 41.2 Å². The molecule has 0 heterocycles. The van der Waals surface area contributed by atoms with E-state index in [1.807, 2.05) is 54.6 Å². The summed E-state index contributed by atoms with van der Waals surface area (Å²) in [4.78, 5) is 12.3. The molecule has 0 aliphatic carbocycles. The predicted octanol–water partition coefficient (Wildman–Crippen LogP) is 4.63. The van der Waals surface area contributed by atoms with Crippen molar-refractivity contribution in [1.29, 1.82) is 0 Å². The third-order valence-corrected chi connectivity index (χ3v) is 6.90. The summed E-state index contributed by atoms with van der Waals surface area (Å²) in [6.45, 7) is -1.84. The molecule has 3 aromatic carbocycles. The van der Waals surface area contributed by atoms with Crippen LogP contribution in [0.5, 0.6) is 5.75 Å². The van der Waals surface area contributed by atoms with Crippen molar-refractivity contribution >= 4 is 39.9 Å². The highest BCUT2D eigenvalue weighted by Crippen LogP contribution is 2.48. The monoisotopic (exact) mass is 417 g/mol. The summed E-state index contributed by atoms with van der Waals surface area (Å²) in [6.07, 6.45) is 0. The Labute approximate surface area is 168 Å². The number of benzene rings is 3.